The summed E-state index contributed by atoms with van der Waals surface area (Å²) >= 11 is 7.43. The number of hydrogen-bond donors (Lipinski definition) is 1. The Hall–Kier alpha value is -2.42. The standard InChI is InChI=1S/C20H18ClN3O3S2/c1-29(26,27)24-8-7-14-11-15(5-6-18(14)24)19(25)23-20-22-12-17(28-20)10-13-3-2-4-16(21)9-13/h2-6,9,11-12H,7-8,10H2,1H3,(H,22,23,25). The molecule has 4 rings (SSSR count). The number of benzene rings is 2. The summed E-state index contributed by atoms with van der Waals surface area (Å²) in [5.41, 5.74) is 3.05. The molecule has 0 saturated carbocycles. The fourth-order valence-corrected chi connectivity index (χ4v) is 5.33. The minimum atomic E-state index is -3.31. The van der Waals surface area contributed by atoms with Gasteiger partial charge in [-0.2, -0.15) is 0 Å². The Morgan fingerprint density at radius 1 is 1.28 bits per heavy atom. The first-order chi connectivity index (χ1) is 13.8. The van der Waals surface area contributed by atoms with Crippen molar-refractivity contribution in [3.63, 3.8) is 0 Å². The molecule has 2 aromatic carbocycles. The first kappa shape index (κ1) is 19.9. The number of aromatic nitrogens is 1. The maximum atomic E-state index is 12.6. The average molecular weight is 448 g/mol. The smallest absolute Gasteiger partial charge is 0.257 e. The summed E-state index contributed by atoms with van der Waals surface area (Å²) in [6.07, 6.45) is 4.21. The van der Waals surface area contributed by atoms with Gasteiger partial charge in [0.05, 0.1) is 11.9 Å². The minimum absolute atomic E-state index is 0.269. The monoisotopic (exact) mass is 447 g/mol. The summed E-state index contributed by atoms with van der Waals surface area (Å²) in [6.45, 7) is 0.401. The summed E-state index contributed by atoms with van der Waals surface area (Å²) in [7, 11) is -3.31. The van der Waals surface area contributed by atoms with Crippen LogP contribution >= 0.6 is 22.9 Å². The van der Waals surface area contributed by atoms with Crippen molar-refractivity contribution in [1.82, 2.24) is 4.98 Å². The van der Waals surface area contributed by atoms with Gasteiger partial charge in [0.1, 0.15) is 0 Å². The average Bonchev–Trinajstić information content (AvgIpc) is 3.27. The zero-order valence-electron chi connectivity index (χ0n) is 15.6. The van der Waals surface area contributed by atoms with Crippen LogP contribution in [0.25, 0.3) is 0 Å². The largest absolute Gasteiger partial charge is 0.298 e. The number of thiazole rings is 1. The van der Waals surface area contributed by atoms with Crippen molar-refractivity contribution in [3.05, 3.63) is 75.3 Å². The topological polar surface area (TPSA) is 79.4 Å². The molecule has 1 amide bonds. The fraction of sp³-hybridized carbons (Fsp3) is 0.200. The van der Waals surface area contributed by atoms with Crippen LogP contribution in [0.2, 0.25) is 5.02 Å². The van der Waals surface area contributed by atoms with Crippen molar-refractivity contribution < 1.29 is 13.2 Å². The number of sulfonamides is 1. The molecule has 29 heavy (non-hydrogen) atoms. The lowest BCUT2D eigenvalue weighted by Crippen LogP contribution is -2.27. The summed E-state index contributed by atoms with van der Waals surface area (Å²) in [6, 6.07) is 12.7. The van der Waals surface area contributed by atoms with Crippen molar-refractivity contribution in [2.24, 2.45) is 0 Å². The van der Waals surface area contributed by atoms with Crippen LogP contribution in [0.3, 0.4) is 0 Å². The van der Waals surface area contributed by atoms with Crippen LogP contribution in [-0.4, -0.2) is 32.1 Å². The van der Waals surface area contributed by atoms with Gasteiger partial charge in [-0.05, 0) is 47.9 Å². The molecule has 3 aromatic rings. The normalized spacial score (nSPS) is 13.4. The quantitative estimate of drug-likeness (QED) is 0.642. The highest BCUT2D eigenvalue weighted by Gasteiger charge is 2.26. The zero-order chi connectivity index (χ0) is 20.6. The van der Waals surface area contributed by atoms with E-state index < -0.39 is 10.0 Å². The number of carbonyl (C=O) groups excluding carboxylic acids is 1. The molecule has 1 aromatic heterocycles. The predicted molar refractivity (Wildman–Crippen MR) is 117 cm³/mol. The first-order valence-electron chi connectivity index (χ1n) is 8.91. The zero-order valence-corrected chi connectivity index (χ0v) is 17.9. The summed E-state index contributed by atoms with van der Waals surface area (Å²) < 4.78 is 25.0. The summed E-state index contributed by atoms with van der Waals surface area (Å²) in [5.74, 6) is -0.269. The molecule has 0 atom stereocenters. The Bertz CT molecular complexity index is 1190. The Kier molecular flexibility index (Phi) is 5.33. The van der Waals surface area contributed by atoms with Gasteiger partial charge in [0.15, 0.2) is 5.13 Å². The van der Waals surface area contributed by atoms with Crippen molar-refractivity contribution >= 4 is 49.7 Å². The van der Waals surface area contributed by atoms with E-state index in [-0.39, 0.29) is 5.91 Å². The second kappa shape index (κ2) is 7.78. The highest BCUT2D eigenvalue weighted by atomic mass is 35.5. The van der Waals surface area contributed by atoms with Gasteiger partial charge in [-0.1, -0.05) is 23.7 Å². The number of hydrogen-bond acceptors (Lipinski definition) is 5. The number of nitrogens with zero attached hydrogens (tertiary/aromatic N) is 2. The molecule has 0 saturated heterocycles. The van der Waals surface area contributed by atoms with Crippen LogP contribution in [0.1, 0.15) is 26.4 Å². The first-order valence-corrected chi connectivity index (χ1v) is 11.9. The Morgan fingerprint density at radius 2 is 2.10 bits per heavy atom. The molecule has 0 fully saturated rings. The second-order valence-corrected chi connectivity index (χ2v) is 10.3. The fourth-order valence-electron chi connectivity index (χ4n) is 3.32. The molecule has 1 N–H and O–H groups in total. The number of carbonyl (C=O) groups is 1. The number of amides is 1. The lowest BCUT2D eigenvalue weighted by molar-refractivity contribution is 0.102. The molecule has 0 unspecified atom stereocenters. The van der Waals surface area contributed by atoms with Crippen LogP contribution in [0.5, 0.6) is 0 Å². The van der Waals surface area contributed by atoms with Crippen LogP contribution in [0.15, 0.2) is 48.7 Å². The molecule has 0 radical (unpaired) electrons. The van der Waals surface area contributed by atoms with Crippen LogP contribution in [0.4, 0.5) is 10.8 Å². The maximum Gasteiger partial charge on any atom is 0.257 e. The molecule has 1 aliphatic rings. The third-order valence-electron chi connectivity index (χ3n) is 4.64. The van der Waals surface area contributed by atoms with Crippen LogP contribution in [-0.2, 0) is 22.9 Å². The van der Waals surface area contributed by atoms with Gasteiger partial charge < -0.3 is 0 Å². The predicted octanol–water partition coefficient (Wildman–Crippen LogP) is 3.96. The van der Waals surface area contributed by atoms with E-state index in [2.05, 4.69) is 10.3 Å². The molecular weight excluding hydrogens is 430 g/mol. The van der Waals surface area contributed by atoms with Gasteiger partial charge in [-0.25, -0.2) is 13.4 Å². The third kappa shape index (κ3) is 4.44. The maximum absolute atomic E-state index is 12.6. The van der Waals surface area contributed by atoms with Crippen molar-refractivity contribution in [3.8, 4) is 0 Å². The number of halogens is 1. The molecule has 0 spiro atoms. The van der Waals surface area contributed by atoms with Gasteiger partial charge >= 0.3 is 0 Å². The molecule has 9 heteroatoms. The highest BCUT2D eigenvalue weighted by Crippen LogP contribution is 2.31. The third-order valence-corrected chi connectivity index (χ3v) is 6.96. The molecule has 2 heterocycles. The van der Waals surface area contributed by atoms with E-state index in [0.29, 0.717) is 40.8 Å². The van der Waals surface area contributed by atoms with Gasteiger partial charge in [0.25, 0.3) is 5.91 Å². The van der Waals surface area contributed by atoms with Crippen LogP contribution in [0, 0.1) is 0 Å². The number of nitrogens with one attached hydrogen (secondary N) is 1. The van der Waals surface area contributed by atoms with E-state index in [4.69, 9.17) is 11.6 Å². The lowest BCUT2D eigenvalue weighted by atomic mass is 10.1. The van der Waals surface area contributed by atoms with E-state index in [1.807, 2.05) is 24.3 Å². The molecular formula is C20H18ClN3O3S2. The van der Waals surface area contributed by atoms with E-state index in [9.17, 15) is 13.2 Å². The van der Waals surface area contributed by atoms with Crippen molar-refractivity contribution in [1.29, 1.82) is 0 Å². The number of fused-ring (bicyclic) bond motifs is 1. The summed E-state index contributed by atoms with van der Waals surface area (Å²) in [5, 5.41) is 4.02. The minimum Gasteiger partial charge on any atom is -0.298 e. The SMILES string of the molecule is CS(=O)(=O)N1CCc2cc(C(=O)Nc3ncc(Cc4cccc(Cl)c4)s3)ccc21. The highest BCUT2D eigenvalue weighted by molar-refractivity contribution is 7.92. The Labute approximate surface area is 178 Å². The van der Waals surface area contributed by atoms with Gasteiger partial charge in [0, 0.05) is 34.6 Å². The van der Waals surface area contributed by atoms with E-state index in [1.54, 1.807) is 24.4 Å². The van der Waals surface area contributed by atoms with E-state index in [0.717, 1.165) is 16.0 Å². The van der Waals surface area contributed by atoms with Gasteiger partial charge in [0.2, 0.25) is 10.0 Å². The number of rotatable bonds is 5. The van der Waals surface area contributed by atoms with Crippen LogP contribution < -0.4 is 9.62 Å². The van der Waals surface area contributed by atoms with Crippen molar-refractivity contribution in [2.45, 2.75) is 12.8 Å². The summed E-state index contributed by atoms with van der Waals surface area (Å²) in [4.78, 5) is 17.9. The lowest BCUT2D eigenvalue weighted by Gasteiger charge is -2.16. The van der Waals surface area contributed by atoms with Crippen molar-refractivity contribution in [2.75, 3.05) is 22.4 Å². The Balaban J connectivity index is 1.46. The van der Waals surface area contributed by atoms with E-state index in [1.165, 1.54) is 21.9 Å². The van der Waals surface area contributed by atoms with Gasteiger partial charge in [-0.15, -0.1) is 11.3 Å². The van der Waals surface area contributed by atoms with Gasteiger partial charge in [-0.3, -0.25) is 14.4 Å². The molecule has 0 aliphatic carbocycles. The molecule has 150 valence electrons. The van der Waals surface area contributed by atoms with E-state index >= 15 is 0 Å². The number of anilines is 2. The molecule has 6 nitrogen and oxygen atoms in total. The second-order valence-electron chi connectivity index (χ2n) is 6.82. The molecule has 1 aliphatic heterocycles. The molecule has 0 bridgehead atoms. The Morgan fingerprint density at radius 3 is 2.86 bits per heavy atom.